The summed E-state index contributed by atoms with van der Waals surface area (Å²) in [6.45, 7) is 3.83. The molecule has 3 heteroatoms. The number of nitrogens with one attached hydrogen (secondary N) is 1. The van der Waals surface area contributed by atoms with E-state index in [1.54, 1.807) is 18.2 Å². The predicted octanol–water partition coefficient (Wildman–Crippen LogP) is 4.38. The van der Waals surface area contributed by atoms with Crippen LogP contribution >= 0.6 is 0 Å². The van der Waals surface area contributed by atoms with Crippen molar-refractivity contribution in [1.82, 2.24) is 5.32 Å². The first-order valence-corrected chi connectivity index (χ1v) is 6.34. The van der Waals surface area contributed by atoms with Crippen LogP contribution in [0.2, 0.25) is 0 Å². The second-order valence-corrected chi connectivity index (χ2v) is 4.69. The van der Waals surface area contributed by atoms with E-state index < -0.39 is 0 Å². The van der Waals surface area contributed by atoms with Gasteiger partial charge >= 0.3 is 0 Å². The Morgan fingerprint density at radius 3 is 2.32 bits per heavy atom. The summed E-state index contributed by atoms with van der Waals surface area (Å²) in [7, 11) is 0. The maximum Gasteiger partial charge on any atom is 0.127 e. The van der Waals surface area contributed by atoms with E-state index in [4.69, 9.17) is 0 Å². The molecule has 0 radical (unpaired) electrons. The van der Waals surface area contributed by atoms with Gasteiger partial charge in [0.15, 0.2) is 0 Å². The SMILES string of the molecule is CC(N[C@@H](C)c1cccc(F)c1)c1ccccc1F. The van der Waals surface area contributed by atoms with E-state index in [1.807, 2.05) is 26.0 Å². The summed E-state index contributed by atoms with van der Waals surface area (Å²) in [6, 6.07) is 12.9. The number of rotatable bonds is 4. The molecule has 0 aromatic heterocycles. The Balaban J connectivity index is 2.11. The third-order valence-corrected chi connectivity index (χ3v) is 3.22. The van der Waals surface area contributed by atoms with E-state index in [0.717, 1.165) is 5.56 Å². The minimum absolute atomic E-state index is 0.0506. The number of benzene rings is 2. The van der Waals surface area contributed by atoms with Crippen molar-refractivity contribution >= 4 is 0 Å². The standard InChI is InChI=1S/C16H17F2N/c1-11(13-6-5-7-14(17)10-13)19-12(2)15-8-3-4-9-16(15)18/h3-12,19H,1-2H3/t11-,12?/m0/s1. The molecule has 1 N–H and O–H groups in total. The van der Waals surface area contributed by atoms with Gasteiger partial charge in [0.05, 0.1) is 0 Å². The predicted molar refractivity (Wildman–Crippen MR) is 72.8 cm³/mol. The lowest BCUT2D eigenvalue weighted by atomic mass is 10.0. The molecular weight excluding hydrogens is 244 g/mol. The topological polar surface area (TPSA) is 12.0 Å². The fourth-order valence-corrected chi connectivity index (χ4v) is 2.16. The lowest BCUT2D eigenvalue weighted by Gasteiger charge is -2.21. The molecule has 2 rings (SSSR count). The summed E-state index contributed by atoms with van der Waals surface area (Å²) in [5.74, 6) is -0.487. The second kappa shape index (κ2) is 5.93. The maximum atomic E-state index is 13.7. The van der Waals surface area contributed by atoms with Crippen molar-refractivity contribution in [3.8, 4) is 0 Å². The van der Waals surface area contributed by atoms with Gasteiger partial charge in [0.2, 0.25) is 0 Å². The van der Waals surface area contributed by atoms with Crippen LogP contribution in [-0.4, -0.2) is 0 Å². The van der Waals surface area contributed by atoms with Crippen LogP contribution in [0.5, 0.6) is 0 Å². The third kappa shape index (κ3) is 3.38. The zero-order chi connectivity index (χ0) is 13.8. The summed E-state index contributed by atoms with van der Waals surface area (Å²) in [5.41, 5.74) is 1.47. The zero-order valence-corrected chi connectivity index (χ0v) is 11.0. The van der Waals surface area contributed by atoms with Crippen LogP contribution in [0, 0.1) is 11.6 Å². The van der Waals surface area contributed by atoms with Gasteiger partial charge in [-0.1, -0.05) is 30.3 Å². The Morgan fingerprint density at radius 1 is 0.895 bits per heavy atom. The van der Waals surface area contributed by atoms with Crippen LogP contribution in [-0.2, 0) is 0 Å². The quantitative estimate of drug-likeness (QED) is 0.861. The lowest BCUT2D eigenvalue weighted by Crippen LogP contribution is -2.23. The van der Waals surface area contributed by atoms with Gasteiger partial charge in [0.25, 0.3) is 0 Å². The van der Waals surface area contributed by atoms with Gasteiger partial charge in [0.1, 0.15) is 11.6 Å². The van der Waals surface area contributed by atoms with Gasteiger partial charge in [-0.25, -0.2) is 8.78 Å². The van der Waals surface area contributed by atoms with Crippen molar-refractivity contribution in [3.05, 3.63) is 71.3 Å². The van der Waals surface area contributed by atoms with Crippen LogP contribution in [0.25, 0.3) is 0 Å². The first-order chi connectivity index (χ1) is 9.08. The molecule has 19 heavy (non-hydrogen) atoms. The molecule has 1 nitrogen and oxygen atoms in total. The van der Waals surface area contributed by atoms with Crippen LogP contribution in [0.4, 0.5) is 8.78 Å². The molecule has 0 fully saturated rings. The van der Waals surface area contributed by atoms with Crippen molar-refractivity contribution in [2.45, 2.75) is 25.9 Å². The Kier molecular flexibility index (Phi) is 4.27. The average molecular weight is 261 g/mol. The van der Waals surface area contributed by atoms with E-state index in [2.05, 4.69) is 5.32 Å². The van der Waals surface area contributed by atoms with E-state index in [9.17, 15) is 8.78 Å². The molecule has 0 bridgehead atoms. The second-order valence-electron chi connectivity index (χ2n) is 4.69. The van der Waals surface area contributed by atoms with E-state index >= 15 is 0 Å². The minimum atomic E-state index is -0.260. The summed E-state index contributed by atoms with van der Waals surface area (Å²) < 4.78 is 26.8. The molecule has 0 aliphatic heterocycles. The van der Waals surface area contributed by atoms with Crippen LogP contribution in [0.1, 0.15) is 37.1 Å². The summed E-state index contributed by atoms with van der Waals surface area (Å²) in [5, 5.41) is 3.27. The smallest absolute Gasteiger partial charge is 0.127 e. The molecule has 0 spiro atoms. The highest BCUT2D eigenvalue weighted by atomic mass is 19.1. The highest BCUT2D eigenvalue weighted by Crippen LogP contribution is 2.21. The Bertz CT molecular complexity index is 554. The van der Waals surface area contributed by atoms with Crippen LogP contribution in [0.15, 0.2) is 48.5 Å². The van der Waals surface area contributed by atoms with E-state index in [1.165, 1.54) is 18.2 Å². The monoisotopic (exact) mass is 261 g/mol. The van der Waals surface area contributed by atoms with Crippen molar-refractivity contribution in [1.29, 1.82) is 0 Å². The molecule has 1 unspecified atom stereocenters. The normalized spacial score (nSPS) is 14.1. The molecule has 0 amide bonds. The highest BCUT2D eigenvalue weighted by Gasteiger charge is 2.14. The van der Waals surface area contributed by atoms with Crippen molar-refractivity contribution in [2.75, 3.05) is 0 Å². The van der Waals surface area contributed by atoms with Gasteiger partial charge in [-0.15, -0.1) is 0 Å². The minimum Gasteiger partial charge on any atom is -0.304 e. The third-order valence-electron chi connectivity index (χ3n) is 3.22. The fraction of sp³-hybridized carbons (Fsp3) is 0.250. The molecule has 0 aliphatic carbocycles. The van der Waals surface area contributed by atoms with E-state index in [0.29, 0.717) is 5.56 Å². The molecule has 0 saturated heterocycles. The molecule has 0 aliphatic rings. The molecule has 0 heterocycles. The lowest BCUT2D eigenvalue weighted by molar-refractivity contribution is 0.472. The first-order valence-electron chi connectivity index (χ1n) is 6.34. The summed E-state index contributed by atoms with van der Waals surface area (Å²) >= 11 is 0. The number of halogens is 2. The Hall–Kier alpha value is -1.74. The zero-order valence-electron chi connectivity index (χ0n) is 11.0. The summed E-state index contributed by atoms with van der Waals surface area (Å²) in [4.78, 5) is 0. The Morgan fingerprint density at radius 2 is 1.63 bits per heavy atom. The van der Waals surface area contributed by atoms with Gasteiger partial charge in [-0.3, -0.25) is 0 Å². The van der Waals surface area contributed by atoms with Gasteiger partial charge < -0.3 is 5.32 Å². The highest BCUT2D eigenvalue weighted by molar-refractivity contribution is 5.23. The van der Waals surface area contributed by atoms with Crippen LogP contribution < -0.4 is 5.32 Å². The molecule has 2 atom stereocenters. The first kappa shape index (κ1) is 13.7. The van der Waals surface area contributed by atoms with Crippen molar-refractivity contribution in [3.63, 3.8) is 0 Å². The maximum absolute atomic E-state index is 13.7. The van der Waals surface area contributed by atoms with E-state index in [-0.39, 0.29) is 23.7 Å². The molecule has 2 aromatic carbocycles. The molecular formula is C16H17F2N. The number of hydrogen-bond acceptors (Lipinski definition) is 1. The van der Waals surface area contributed by atoms with Gasteiger partial charge in [-0.2, -0.15) is 0 Å². The molecule has 100 valence electrons. The molecule has 0 saturated carbocycles. The van der Waals surface area contributed by atoms with Gasteiger partial charge in [0, 0.05) is 17.6 Å². The summed E-state index contributed by atoms with van der Waals surface area (Å²) in [6.07, 6.45) is 0. The Labute approximate surface area is 112 Å². The fourth-order valence-electron chi connectivity index (χ4n) is 2.16. The molecule has 2 aromatic rings. The van der Waals surface area contributed by atoms with Crippen LogP contribution in [0.3, 0.4) is 0 Å². The number of hydrogen-bond donors (Lipinski definition) is 1. The average Bonchev–Trinajstić information content (AvgIpc) is 2.39. The van der Waals surface area contributed by atoms with Gasteiger partial charge in [-0.05, 0) is 37.6 Å². The largest absolute Gasteiger partial charge is 0.304 e. The van der Waals surface area contributed by atoms with Crippen molar-refractivity contribution in [2.24, 2.45) is 0 Å². The van der Waals surface area contributed by atoms with Crippen molar-refractivity contribution < 1.29 is 8.78 Å².